The molecule has 0 spiro atoms. The van der Waals surface area contributed by atoms with Gasteiger partial charge in [0, 0.05) is 5.02 Å². The minimum absolute atomic E-state index is 0.868. The molecule has 0 radical (unpaired) electrons. The number of methoxy groups -OCH3 is 1. The summed E-state index contributed by atoms with van der Waals surface area (Å²) in [6, 6.07) is 0. The molecule has 0 unspecified atom stereocenters. The monoisotopic (exact) mass is 258 g/mol. The molecule has 0 heterocycles. The fourth-order valence-electron chi connectivity index (χ4n) is 1.98. The van der Waals surface area contributed by atoms with Crippen molar-refractivity contribution in [1.29, 1.82) is 0 Å². The van der Waals surface area contributed by atoms with Crippen LogP contribution in [-0.4, -0.2) is 12.9 Å². The van der Waals surface area contributed by atoms with Gasteiger partial charge in [0.25, 0.3) is 0 Å². The van der Waals surface area contributed by atoms with E-state index in [1.807, 2.05) is 6.92 Å². The zero-order valence-corrected chi connectivity index (χ0v) is 12.0. The van der Waals surface area contributed by atoms with E-state index in [0.29, 0.717) is 0 Å². The molecule has 0 aliphatic carbocycles. The van der Waals surface area contributed by atoms with Crippen molar-refractivity contribution in [2.24, 2.45) is 0 Å². The standard InChI is InChI=1S/C13H19ClOS/c1-8-9(2)13(15-4)11(6-5-7-16)10(3)12(8)14/h16H,5-7H2,1-4H3. The van der Waals surface area contributed by atoms with Gasteiger partial charge < -0.3 is 4.74 Å². The van der Waals surface area contributed by atoms with Gasteiger partial charge in [-0.1, -0.05) is 11.6 Å². The van der Waals surface area contributed by atoms with Crippen LogP contribution in [0.5, 0.6) is 5.75 Å². The van der Waals surface area contributed by atoms with Crippen LogP contribution in [0, 0.1) is 20.8 Å². The Bertz CT molecular complexity index is 388. The van der Waals surface area contributed by atoms with Gasteiger partial charge in [-0.2, -0.15) is 12.6 Å². The van der Waals surface area contributed by atoms with E-state index in [-0.39, 0.29) is 0 Å². The Kier molecular flexibility index (Phi) is 5.00. The van der Waals surface area contributed by atoms with E-state index in [0.717, 1.165) is 46.1 Å². The molecule has 1 nitrogen and oxygen atoms in total. The van der Waals surface area contributed by atoms with E-state index in [1.54, 1.807) is 7.11 Å². The predicted octanol–water partition coefficient (Wildman–Crippen LogP) is 4.14. The summed E-state index contributed by atoms with van der Waals surface area (Å²) in [6.45, 7) is 6.16. The number of hydrogen-bond acceptors (Lipinski definition) is 2. The zero-order chi connectivity index (χ0) is 12.3. The molecular weight excluding hydrogens is 240 g/mol. The highest BCUT2D eigenvalue weighted by atomic mass is 35.5. The van der Waals surface area contributed by atoms with Crippen LogP contribution in [0.15, 0.2) is 0 Å². The lowest BCUT2D eigenvalue weighted by molar-refractivity contribution is 0.405. The van der Waals surface area contributed by atoms with E-state index >= 15 is 0 Å². The van der Waals surface area contributed by atoms with Crippen LogP contribution in [0.2, 0.25) is 5.02 Å². The van der Waals surface area contributed by atoms with E-state index in [4.69, 9.17) is 16.3 Å². The lowest BCUT2D eigenvalue weighted by Crippen LogP contribution is -2.02. The SMILES string of the molecule is COc1c(C)c(C)c(Cl)c(C)c1CCCS. The van der Waals surface area contributed by atoms with Crippen molar-refractivity contribution in [1.82, 2.24) is 0 Å². The van der Waals surface area contributed by atoms with Gasteiger partial charge in [0.05, 0.1) is 7.11 Å². The maximum Gasteiger partial charge on any atom is 0.125 e. The largest absolute Gasteiger partial charge is 0.496 e. The number of halogens is 1. The highest BCUT2D eigenvalue weighted by Crippen LogP contribution is 2.36. The van der Waals surface area contributed by atoms with Crippen LogP contribution in [-0.2, 0) is 6.42 Å². The Labute approximate surface area is 109 Å². The number of hydrogen-bond donors (Lipinski definition) is 1. The minimum atomic E-state index is 0.868. The van der Waals surface area contributed by atoms with Crippen molar-refractivity contribution in [3.05, 3.63) is 27.3 Å². The molecule has 1 rings (SSSR count). The number of ether oxygens (including phenoxy) is 1. The van der Waals surface area contributed by atoms with Crippen LogP contribution in [0.25, 0.3) is 0 Å². The van der Waals surface area contributed by atoms with Crippen molar-refractivity contribution in [3.63, 3.8) is 0 Å². The third-order valence-corrected chi connectivity index (χ3v) is 3.96. The van der Waals surface area contributed by atoms with Crippen LogP contribution in [0.4, 0.5) is 0 Å². The first-order valence-corrected chi connectivity index (χ1v) is 6.48. The summed E-state index contributed by atoms with van der Waals surface area (Å²) in [6.07, 6.45) is 2.01. The van der Waals surface area contributed by atoms with Crippen LogP contribution < -0.4 is 4.74 Å². The molecule has 0 amide bonds. The van der Waals surface area contributed by atoms with Gasteiger partial charge in [-0.05, 0) is 61.6 Å². The summed E-state index contributed by atoms with van der Waals surface area (Å²) >= 11 is 10.6. The van der Waals surface area contributed by atoms with Crippen molar-refractivity contribution < 1.29 is 4.74 Å². The Morgan fingerprint density at radius 3 is 2.25 bits per heavy atom. The Morgan fingerprint density at radius 1 is 1.12 bits per heavy atom. The highest BCUT2D eigenvalue weighted by molar-refractivity contribution is 7.80. The van der Waals surface area contributed by atoms with E-state index in [2.05, 4.69) is 26.5 Å². The molecule has 0 saturated heterocycles. The average molecular weight is 259 g/mol. The van der Waals surface area contributed by atoms with Gasteiger partial charge in [0.1, 0.15) is 5.75 Å². The quantitative estimate of drug-likeness (QED) is 0.799. The van der Waals surface area contributed by atoms with Crippen LogP contribution in [0.3, 0.4) is 0 Å². The molecule has 0 aliphatic rings. The van der Waals surface area contributed by atoms with E-state index < -0.39 is 0 Å². The minimum Gasteiger partial charge on any atom is -0.496 e. The van der Waals surface area contributed by atoms with Crippen molar-refractivity contribution in [3.8, 4) is 5.75 Å². The second-order valence-electron chi connectivity index (χ2n) is 4.03. The number of rotatable bonds is 4. The summed E-state index contributed by atoms with van der Waals surface area (Å²) in [5, 5.41) is 0.868. The first-order chi connectivity index (χ1) is 7.54. The Hall–Kier alpha value is -0.340. The first kappa shape index (κ1) is 13.7. The topological polar surface area (TPSA) is 9.23 Å². The fraction of sp³-hybridized carbons (Fsp3) is 0.538. The Morgan fingerprint density at radius 2 is 1.75 bits per heavy atom. The molecule has 1 aromatic rings. The van der Waals surface area contributed by atoms with E-state index in [9.17, 15) is 0 Å². The smallest absolute Gasteiger partial charge is 0.125 e. The maximum atomic E-state index is 6.32. The van der Waals surface area contributed by atoms with Gasteiger partial charge in [0.2, 0.25) is 0 Å². The third-order valence-electron chi connectivity index (χ3n) is 3.08. The lowest BCUT2D eigenvalue weighted by atomic mass is 9.96. The van der Waals surface area contributed by atoms with Crippen molar-refractivity contribution >= 4 is 24.2 Å². The molecule has 0 aliphatic heterocycles. The maximum absolute atomic E-state index is 6.32. The predicted molar refractivity (Wildman–Crippen MR) is 74.4 cm³/mol. The molecule has 0 N–H and O–H groups in total. The zero-order valence-electron chi connectivity index (χ0n) is 10.4. The molecule has 0 saturated carbocycles. The molecule has 0 aromatic heterocycles. The number of benzene rings is 1. The molecule has 0 bridgehead atoms. The summed E-state index contributed by atoms with van der Waals surface area (Å²) in [5.41, 5.74) is 4.63. The normalized spacial score (nSPS) is 10.6. The lowest BCUT2D eigenvalue weighted by Gasteiger charge is -2.18. The van der Waals surface area contributed by atoms with Crippen molar-refractivity contribution in [2.75, 3.05) is 12.9 Å². The van der Waals surface area contributed by atoms with Crippen molar-refractivity contribution in [2.45, 2.75) is 33.6 Å². The summed E-state index contributed by atoms with van der Waals surface area (Å²) in [5.74, 6) is 1.87. The van der Waals surface area contributed by atoms with Gasteiger partial charge in [-0.25, -0.2) is 0 Å². The van der Waals surface area contributed by atoms with Gasteiger partial charge in [0.15, 0.2) is 0 Å². The molecular formula is C13H19ClOS. The second-order valence-corrected chi connectivity index (χ2v) is 4.85. The molecule has 0 fully saturated rings. The molecule has 90 valence electrons. The third kappa shape index (κ3) is 2.49. The summed E-state index contributed by atoms with van der Waals surface area (Å²) in [7, 11) is 1.72. The van der Waals surface area contributed by atoms with Crippen LogP contribution >= 0.6 is 24.2 Å². The molecule has 0 atom stereocenters. The summed E-state index contributed by atoms with van der Waals surface area (Å²) < 4.78 is 5.51. The summed E-state index contributed by atoms with van der Waals surface area (Å²) in [4.78, 5) is 0. The van der Waals surface area contributed by atoms with Gasteiger partial charge in [-0.15, -0.1) is 0 Å². The average Bonchev–Trinajstić information content (AvgIpc) is 2.29. The first-order valence-electron chi connectivity index (χ1n) is 5.47. The van der Waals surface area contributed by atoms with Gasteiger partial charge >= 0.3 is 0 Å². The van der Waals surface area contributed by atoms with Gasteiger partial charge in [-0.3, -0.25) is 0 Å². The van der Waals surface area contributed by atoms with E-state index in [1.165, 1.54) is 5.56 Å². The molecule has 3 heteroatoms. The number of thiol groups is 1. The Balaban J connectivity index is 3.33. The molecule has 16 heavy (non-hydrogen) atoms. The fourth-order valence-corrected chi connectivity index (χ4v) is 2.39. The second kappa shape index (κ2) is 5.83. The molecule has 1 aromatic carbocycles. The van der Waals surface area contributed by atoms with Crippen LogP contribution in [0.1, 0.15) is 28.7 Å². The highest BCUT2D eigenvalue weighted by Gasteiger charge is 2.16.